The molecule has 20 heavy (non-hydrogen) atoms. The van der Waals surface area contributed by atoms with E-state index in [1.165, 1.54) is 4.90 Å². The highest BCUT2D eigenvalue weighted by molar-refractivity contribution is 5.92. The maximum Gasteiger partial charge on any atom is 0.272 e. The number of amides is 1. The molecule has 106 valence electrons. The number of pyridine rings is 1. The molecule has 0 aliphatic rings. The van der Waals surface area contributed by atoms with Gasteiger partial charge in [-0.05, 0) is 26.0 Å². The Morgan fingerprint density at radius 1 is 1.40 bits per heavy atom. The Labute approximate surface area is 117 Å². The molecular formula is C14H18N4O2. The van der Waals surface area contributed by atoms with E-state index in [0.717, 1.165) is 22.7 Å². The Bertz CT molecular complexity index is 600. The third kappa shape index (κ3) is 2.96. The van der Waals surface area contributed by atoms with E-state index in [1.54, 1.807) is 26.4 Å². The van der Waals surface area contributed by atoms with Crippen LogP contribution in [0.1, 0.15) is 27.5 Å². The molecule has 1 N–H and O–H groups in total. The molecule has 0 aliphatic carbocycles. The normalized spacial score (nSPS) is 10.4. The monoisotopic (exact) mass is 274 g/mol. The van der Waals surface area contributed by atoms with Gasteiger partial charge in [-0.3, -0.25) is 9.78 Å². The molecule has 0 spiro atoms. The molecule has 2 rings (SSSR count). The van der Waals surface area contributed by atoms with Crippen molar-refractivity contribution in [1.29, 1.82) is 0 Å². The number of hydrogen-bond acceptors (Lipinski definition) is 5. The van der Waals surface area contributed by atoms with Crippen molar-refractivity contribution in [2.24, 2.45) is 0 Å². The minimum Gasteiger partial charge on any atom is -0.381 e. The number of nitrogens with one attached hydrogen (secondary N) is 1. The van der Waals surface area contributed by atoms with E-state index < -0.39 is 0 Å². The third-order valence-corrected chi connectivity index (χ3v) is 3.04. The molecular weight excluding hydrogens is 256 g/mol. The first-order valence-corrected chi connectivity index (χ1v) is 6.32. The van der Waals surface area contributed by atoms with E-state index in [0.29, 0.717) is 12.2 Å². The molecule has 6 heteroatoms. The number of nitrogens with zero attached hydrogens (tertiary/aromatic N) is 3. The van der Waals surface area contributed by atoms with Gasteiger partial charge < -0.3 is 14.7 Å². The third-order valence-electron chi connectivity index (χ3n) is 3.04. The van der Waals surface area contributed by atoms with Gasteiger partial charge in [0, 0.05) is 38.1 Å². The maximum atomic E-state index is 11.8. The molecule has 2 aromatic heterocycles. The number of hydrogen-bond donors (Lipinski definition) is 1. The molecule has 0 bridgehead atoms. The van der Waals surface area contributed by atoms with Crippen LogP contribution in [0.15, 0.2) is 22.9 Å². The highest BCUT2D eigenvalue weighted by atomic mass is 16.5. The van der Waals surface area contributed by atoms with Gasteiger partial charge in [0.25, 0.3) is 5.91 Å². The van der Waals surface area contributed by atoms with Crippen LogP contribution in [0, 0.1) is 13.8 Å². The molecule has 2 heterocycles. The van der Waals surface area contributed by atoms with Crippen molar-refractivity contribution in [2.45, 2.75) is 20.4 Å². The topological polar surface area (TPSA) is 71.3 Å². The molecule has 0 saturated heterocycles. The summed E-state index contributed by atoms with van der Waals surface area (Å²) >= 11 is 0. The van der Waals surface area contributed by atoms with E-state index in [9.17, 15) is 4.79 Å². The van der Waals surface area contributed by atoms with Gasteiger partial charge in [-0.2, -0.15) is 0 Å². The van der Waals surface area contributed by atoms with Crippen LogP contribution in [0.2, 0.25) is 0 Å². The first kappa shape index (κ1) is 14.0. The summed E-state index contributed by atoms with van der Waals surface area (Å²) in [5.74, 6) is 0.680. The van der Waals surface area contributed by atoms with Crippen molar-refractivity contribution in [2.75, 3.05) is 19.4 Å². The Kier molecular flexibility index (Phi) is 4.02. The molecule has 0 radical (unpaired) electrons. The maximum absolute atomic E-state index is 11.8. The Hall–Kier alpha value is -2.37. The average molecular weight is 274 g/mol. The summed E-state index contributed by atoms with van der Waals surface area (Å²) in [4.78, 5) is 17.4. The predicted octanol–water partition coefficient (Wildman–Crippen LogP) is 2.00. The standard InChI is InChI=1S/C14H18N4O2/c1-9-12(10(2)20-17-9)8-16-11-5-6-15-13(7-11)14(19)18(3)4/h5-7H,8H2,1-4H3,(H,15,16). The first-order valence-electron chi connectivity index (χ1n) is 6.32. The van der Waals surface area contributed by atoms with Crippen LogP contribution in [0.3, 0.4) is 0 Å². The summed E-state index contributed by atoms with van der Waals surface area (Å²) in [5, 5.41) is 7.16. The number of carbonyl (C=O) groups is 1. The van der Waals surface area contributed by atoms with Crippen LogP contribution < -0.4 is 5.32 Å². The van der Waals surface area contributed by atoms with Crippen molar-refractivity contribution in [3.05, 3.63) is 41.0 Å². The van der Waals surface area contributed by atoms with Gasteiger partial charge in [-0.15, -0.1) is 0 Å². The van der Waals surface area contributed by atoms with Crippen LogP contribution in [0.5, 0.6) is 0 Å². The molecule has 0 aromatic carbocycles. The molecule has 0 saturated carbocycles. The fraction of sp³-hybridized carbons (Fsp3) is 0.357. The van der Waals surface area contributed by atoms with Crippen LogP contribution in [-0.4, -0.2) is 35.0 Å². The largest absolute Gasteiger partial charge is 0.381 e. The summed E-state index contributed by atoms with van der Waals surface area (Å²) in [5.41, 5.74) is 3.15. The Morgan fingerprint density at radius 2 is 2.15 bits per heavy atom. The molecule has 0 fully saturated rings. The highest BCUT2D eigenvalue weighted by Gasteiger charge is 2.11. The van der Waals surface area contributed by atoms with Crippen LogP contribution in [-0.2, 0) is 6.54 Å². The van der Waals surface area contributed by atoms with Crippen LogP contribution in [0.4, 0.5) is 5.69 Å². The zero-order valence-electron chi connectivity index (χ0n) is 12.1. The summed E-state index contributed by atoms with van der Waals surface area (Å²) in [7, 11) is 3.40. The summed E-state index contributed by atoms with van der Waals surface area (Å²) in [6.07, 6.45) is 1.62. The zero-order chi connectivity index (χ0) is 14.7. The van der Waals surface area contributed by atoms with Crippen molar-refractivity contribution < 1.29 is 9.32 Å². The SMILES string of the molecule is Cc1noc(C)c1CNc1ccnc(C(=O)N(C)C)c1. The number of anilines is 1. The lowest BCUT2D eigenvalue weighted by Crippen LogP contribution is -2.22. The highest BCUT2D eigenvalue weighted by Crippen LogP contribution is 2.15. The molecule has 2 aromatic rings. The number of aryl methyl sites for hydroxylation is 2. The lowest BCUT2D eigenvalue weighted by molar-refractivity contribution is 0.0822. The molecule has 6 nitrogen and oxygen atoms in total. The number of carbonyl (C=O) groups excluding carboxylic acids is 1. The van der Waals surface area contributed by atoms with Crippen molar-refractivity contribution in [3.8, 4) is 0 Å². The Morgan fingerprint density at radius 3 is 2.75 bits per heavy atom. The van der Waals surface area contributed by atoms with E-state index in [1.807, 2.05) is 19.9 Å². The number of rotatable bonds is 4. The average Bonchev–Trinajstić information content (AvgIpc) is 2.75. The smallest absolute Gasteiger partial charge is 0.272 e. The molecule has 0 unspecified atom stereocenters. The fourth-order valence-electron chi connectivity index (χ4n) is 1.83. The summed E-state index contributed by atoms with van der Waals surface area (Å²) in [6.45, 7) is 4.38. The van der Waals surface area contributed by atoms with E-state index in [-0.39, 0.29) is 5.91 Å². The summed E-state index contributed by atoms with van der Waals surface area (Å²) < 4.78 is 5.11. The van der Waals surface area contributed by atoms with E-state index >= 15 is 0 Å². The second-order valence-electron chi connectivity index (χ2n) is 4.79. The lowest BCUT2D eigenvalue weighted by atomic mass is 10.2. The van der Waals surface area contributed by atoms with Gasteiger partial charge in [0.2, 0.25) is 0 Å². The van der Waals surface area contributed by atoms with Gasteiger partial charge in [0.05, 0.1) is 5.69 Å². The van der Waals surface area contributed by atoms with E-state index in [2.05, 4.69) is 15.5 Å². The second-order valence-corrected chi connectivity index (χ2v) is 4.79. The van der Waals surface area contributed by atoms with Crippen molar-refractivity contribution >= 4 is 11.6 Å². The number of aromatic nitrogens is 2. The minimum atomic E-state index is -0.119. The van der Waals surface area contributed by atoms with Crippen molar-refractivity contribution in [1.82, 2.24) is 15.0 Å². The molecule has 0 atom stereocenters. The van der Waals surface area contributed by atoms with Gasteiger partial charge >= 0.3 is 0 Å². The minimum absolute atomic E-state index is 0.119. The first-order chi connectivity index (χ1) is 9.49. The van der Waals surface area contributed by atoms with Gasteiger partial charge in [0.1, 0.15) is 11.5 Å². The zero-order valence-corrected chi connectivity index (χ0v) is 12.1. The van der Waals surface area contributed by atoms with E-state index in [4.69, 9.17) is 4.52 Å². The Balaban J connectivity index is 2.11. The fourth-order valence-corrected chi connectivity index (χ4v) is 1.83. The lowest BCUT2D eigenvalue weighted by Gasteiger charge is -2.11. The molecule has 1 amide bonds. The quantitative estimate of drug-likeness (QED) is 0.923. The van der Waals surface area contributed by atoms with Crippen molar-refractivity contribution in [3.63, 3.8) is 0 Å². The summed E-state index contributed by atoms with van der Waals surface area (Å²) in [6, 6.07) is 3.56. The van der Waals surface area contributed by atoms with Gasteiger partial charge in [-0.25, -0.2) is 0 Å². The van der Waals surface area contributed by atoms with Gasteiger partial charge in [-0.1, -0.05) is 5.16 Å². The second kappa shape index (κ2) is 5.73. The molecule has 0 aliphatic heterocycles. The van der Waals surface area contributed by atoms with Crippen LogP contribution in [0.25, 0.3) is 0 Å². The van der Waals surface area contributed by atoms with Crippen LogP contribution >= 0.6 is 0 Å². The predicted molar refractivity (Wildman–Crippen MR) is 75.6 cm³/mol. The van der Waals surface area contributed by atoms with Gasteiger partial charge in [0.15, 0.2) is 0 Å².